The van der Waals surface area contributed by atoms with Gasteiger partial charge in [0.25, 0.3) is 0 Å². The summed E-state index contributed by atoms with van der Waals surface area (Å²) in [6, 6.07) is -1.53. The molecule has 4 heteroatoms. The highest BCUT2D eigenvalue weighted by Gasteiger charge is 2.38. The molecule has 1 nitrogen and oxygen atoms in total. The van der Waals surface area contributed by atoms with Gasteiger partial charge < -0.3 is 0 Å². The smallest absolute Gasteiger partial charge is 0.281 e. The Morgan fingerprint density at radius 1 is 1.13 bits per heavy atom. The van der Waals surface area contributed by atoms with Crippen molar-refractivity contribution in [3.05, 3.63) is 0 Å². The Morgan fingerprint density at radius 2 is 1.67 bits per heavy atom. The number of nitrogens with zero attached hydrogens (tertiary/aromatic N) is 1. The maximum absolute atomic E-state index is 12.5. The molecule has 0 aliphatic carbocycles. The quantitative estimate of drug-likeness (QED) is 0.619. The molecule has 0 aromatic carbocycles. The van der Waals surface area contributed by atoms with E-state index >= 15 is 0 Å². The molecule has 0 radical (unpaired) electrons. The fraction of sp³-hybridized carbons (Fsp3) is 0.909. The molecule has 15 heavy (non-hydrogen) atoms. The van der Waals surface area contributed by atoms with E-state index in [1.807, 2.05) is 20.8 Å². The van der Waals surface area contributed by atoms with E-state index in [1.165, 1.54) is 6.92 Å². The van der Waals surface area contributed by atoms with Gasteiger partial charge in [-0.2, -0.15) is 13.2 Å². The molecule has 0 aromatic heterocycles. The summed E-state index contributed by atoms with van der Waals surface area (Å²) in [6.45, 7) is 7.26. The van der Waals surface area contributed by atoms with Crippen LogP contribution in [-0.4, -0.2) is 17.9 Å². The molecule has 0 bridgehead atoms. The van der Waals surface area contributed by atoms with Crippen molar-refractivity contribution in [3.63, 3.8) is 0 Å². The summed E-state index contributed by atoms with van der Waals surface area (Å²) in [5.74, 6) is 0.145. The second-order valence-corrected chi connectivity index (χ2v) is 3.75. The van der Waals surface area contributed by atoms with Crippen LogP contribution in [0.1, 0.15) is 47.0 Å². The second-order valence-electron chi connectivity index (χ2n) is 3.75. The highest BCUT2D eigenvalue weighted by atomic mass is 19.4. The van der Waals surface area contributed by atoms with Gasteiger partial charge in [-0.05, 0) is 25.2 Å². The topological polar surface area (TPSA) is 12.4 Å². The average molecular weight is 223 g/mol. The minimum Gasteiger partial charge on any atom is -0.281 e. The Kier molecular flexibility index (Phi) is 5.91. The Bertz CT molecular complexity index is 208. The highest BCUT2D eigenvalue weighted by molar-refractivity contribution is 5.86. The van der Waals surface area contributed by atoms with E-state index in [4.69, 9.17) is 0 Å². The van der Waals surface area contributed by atoms with Crippen LogP contribution in [0, 0.1) is 5.92 Å². The number of halogens is 3. The van der Waals surface area contributed by atoms with E-state index in [1.54, 1.807) is 0 Å². The van der Waals surface area contributed by atoms with Crippen LogP contribution in [-0.2, 0) is 0 Å². The first-order valence-electron chi connectivity index (χ1n) is 5.49. The molecule has 0 aromatic rings. The van der Waals surface area contributed by atoms with Crippen molar-refractivity contribution in [1.82, 2.24) is 0 Å². The predicted molar refractivity (Wildman–Crippen MR) is 57.3 cm³/mol. The zero-order valence-corrected chi connectivity index (χ0v) is 9.86. The van der Waals surface area contributed by atoms with E-state index < -0.39 is 12.2 Å². The van der Waals surface area contributed by atoms with Gasteiger partial charge in [0.1, 0.15) is 6.04 Å². The highest BCUT2D eigenvalue weighted by Crippen LogP contribution is 2.26. The van der Waals surface area contributed by atoms with Crippen LogP contribution in [0.3, 0.4) is 0 Å². The van der Waals surface area contributed by atoms with Crippen LogP contribution in [0.2, 0.25) is 0 Å². The zero-order chi connectivity index (χ0) is 12.1. The fourth-order valence-electron chi connectivity index (χ4n) is 1.40. The Morgan fingerprint density at radius 3 is 1.93 bits per heavy atom. The number of rotatable bonds is 5. The summed E-state index contributed by atoms with van der Waals surface area (Å²) in [7, 11) is 0. The molecule has 2 atom stereocenters. The molecule has 0 N–H and O–H groups in total. The standard InChI is InChI=1S/C11H20F3N/c1-5-8(4)9(6-2)15-10(7-3)11(12,13)14/h8,10H,5-7H2,1-4H3/b15-9+. The van der Waals surface area contributed by atoms with Gasteiger partial charge in [-0.1, -0.05) is 27.7 Å². The number of aliphatic imine (C=N–C) groups is 1. The Hall–Kier alpha value is -0.540. The lowest BCUT2D eigenvalue weighted by atomic mass is 10.00. The predicted octanol–water partition coefficient (Wildman–Crippen LogP) is 4.22. The van der Waals surface area contributed by atoms with Gasteiger partial charge in [0.2, 0.25) is 0 Å². The van der Waals surface area contributed by atoms with Crippen LogP contribution >= 0.6 is 0 Å². The maximum Gasteiger partial charge on any atom is 0.410 e. The van der Waals surface area contributed by atoms with Gasteiger partial charge in [-0.15, -0.1) is 0 Å². The minimum absolute atomic E-state index is 0.0173. The van der Waals surface area contributed by atoms with E-state index in [9.17, 15) is 13.2 Å². The van der Waals surface area contributed by atoms with Gasteiger partial charge in [0, 0.05) is 5.71 Å². The van der Waals surface area contributed by atoms with Crippen molar-refractivity contribution in [1.29, 1.82) is 0 Å². The van der Waals surface area contributed by atoms with E-state index in [-0.39, 0.29) is 12.3 Å². The number of hydrogen-bond acceptors (Lipinski definition) is 1. The van der Waals surface area contributed by atoms with Crippen LogP contribution < -0.4 is 0 Å². The van der Waals surface area contributed by atoms with Crippen molar-refractivity contribution in [2.24, 2.45) is 10.9 Å². The first kappa shape index (κ1) is 14.5. The van der Waals surface area contributed by atoms with Crippen LogP contribution in [0.25, 0.3) is 0 Å². The first-order chi connectivity index (χ1) is 6.86. The largest absolute Gasteiger partial charge is 0.410 e. The van der Waals surface area contributed by atoms with Gasteiger partial charge in [0.15, 0.2) is 0 Å². The molecule has 0 heterocycles. The lowest BCUT2D eigenvalue weighted by Crippen LogP contribution is -2.28. The lowest BCUT2D eigenvalue weighted by molar-refractivity contribution is -0.147. The molecule has 0 amide bonds. The summed E-state index contributed by atoms with van der Waals surface area (Å²) >= 11 is 0. The van der Waals surface area contributed by atoms with Crippen LogP contribution in [0.4, 0.5) is 13.2 Å². The minimum atomic E-state index is -4.21. The summed E-state index contributed by atoms with van der Waals surface area (Å²) in [6.07, 6.45) is -2.76. The summed E-state index contributed by atoms with van der Waals surface area (Å²) in [4.78, 5) is 3.85. The molecule has 0 spiro atoms. The van der Waals surface area contributed by atoms with Gasteiger partial charge in [-0.25, -0.2) is 0 Å². The Labute approximate surface area is 89.8 Å². The third-order valence-electron chi connectivity index (χ3n) is 2.63. The average Bonchev–Trinajstić information content (AvgIpc) is 2.16. The summed E-state index contributed by atoms with van der Waals surface area (Å²) in [5, 5.41) is 0. The molecular weight excluding hydrogens is 203 g/mol. The van der Waals surface area contributed by atoms with E-state index in [0.717, 1.165) is 6.42 Å². The molecule has 0 fully saturated rings. The second kappa shape index (κ2) is 6.13. The lowest BCUT2D eigenvalue weighted by Gasteiger charge is -2.18. The van der Waals surface area contributed by atoms with Crippen LogP contribution in [0.5, 0.6) is 0 Å². The van der Waals surface area contributed by atoms with Crippen molar-refractivity contribution in [2.75, 3.05) is 0 Å². The fourth-order valence-corrected chi connectivity index (χ4v) is 1.40. The van der Waals surface area contributed by atoms with Crippen molar-refractivity contribution < 1.29 is 13.2 Å². The van der Waals surface area contributed by atoms with E-state index in [0.29, 0.717) is 12.1 Å². The maximum atomic E-state index is 12.5. The van der Waals surface area contributed by atoms with E-state index in [2.05, 4.69) is 4.99 Å². The zero-order valence-electron chi connectivity index (χ0n) is 9.86. The molecule has 0 aliphatic rings. The van der Waals surface area contributed by atoms with Crippen molar-refractivity contribution >= 4 is 5.71 Å². The van der Waals surface area contributed by atoms with Gasteiger partial charge >= 0.3 is 6.18 Å². The molecule has 0 saturated carbocycles. The normalized spacial score (nSPS) is 17.7. The third kappa shape index (κ3) is 4.67. The molecule has 2 unspecified atom stereocenters. The monoisotopic (exact) mass is 223 g/mol. The molecule has 0 rings (SSSR count). The number of alkyl halides is 3. The first-order valence-corrected chi connectivity index (χ1v) is 5.49. The molecule has 0 saturated heterocycles. The van der Waals surface area contributed by atoms with Gasteiger partial charge in [-0.3, -0.25) is 4.99 Å². The SMILES string of the molecule is CC/C(=N\C(CC)C(F)(F)F)C(C)CC. The number of hydrogen-bond donors (Lipinski definition) is 0. The summed E-state index contributed by atoms with van der Waals surface area (Å²) < 4.78 is 37.4. The third-order valence-corrected chi connectivity index (χ3v) is 2.63. The van der Waals surface area contributed by atoms with Crippen LogP contribution in [0.15, 0.2) is 4.99 Å². The molecule has 90 valence electrons. The van der Waals surface area contributed by atoms with Crippen molar-refractivity contribution in [2.45, 2.75) is 59.2 Å². The molecular formula is C11H20F3N. The summed E-state index contributed by atoms with van der Waals surface area (Å²) in [5.41, 5.74) is 0.682. The van der Waals surface area contributed by atoms with Crippen molar-refractivity contribution in [3.8, 4) is 0 Å². The molecule has 0 aliphatic heterocycles. The van der Waals surface area contributed by atoms with Gasteiger partial charge in [0.05, 0.1) is 0 Å². The Balaban J connectivity index is 4.78.